The van der Waals surface area contributed by atoms with Crippen molar-refractivity contribution in [3.63, 3.8) is 0 Å². The van der Waals surface area contributed by atoms with Gasteiger partial charge < -0.3 is 10.0 Å². The number of fused-ring (bicyclic) bond motifs is 2. The van der Waals surface area contributed by atoms with E-state index >= 15 is 0 Å². The molecule has 140 valence electrons. The summed E-state index contributed by atoms with van der Waals surface area (Å²) in [6, 6.07) is 19.6. The van der Waals surface area contributed by atoms with Gasteiger partial charge in [0.1, 0.15) is 0 Å². The van der Waals surface area contributed by atoms with Crippen molar-refractivity contribution in [2.45, 2.75) is 20.1 Å². The van der Waals surface area contributed by atoms with E-state index in [1.807, 2.05) is 42.5 Å². The van der Waals surface area contributed by atoms with Crippen molar-refractivity contribution in [3.8, 4) is 11.1 Å². The van der Waals surface area contributed by atoms with Gasteiger partial charge in [0.25, 0.3) is 0 Å². The van der Waals surface area contributed by atoms with Crippen LogP contribution in [0.2, 0.25) is 5.02 Å². The van der Waals surface area contributed by atoms with Crippen LogP contribution in [0.4, 0.5) is 5.69 Å². The Labute approximate surface area is 169 Å². The van der Waals surface area contributed by atoms with Crippen LogP contribution < -0.4 is 4.90 Å². The zero-order chi connectivity index (χ0) is 19.7. The molecule has 4 rings (SSSR count). The molecule has 3 aromatic rings. The number of carbonyl (C=O) groups excluding carboxylic acids is 1. The quantitative estimate of drug-likeness (QED) is 0.625. The predicted octanol–water partition coefficient (Wildman–Crippen LogP) is 5.54. The van der Waals surface area contributed by atoms with Crippen LogP contribution in [0.3, 0.4) is 0 Å². The van der Waals surface area contributed by atoms with Crippen LogP contribution in [0, 0.1) is 0 Å². The number of halogens is 1. The Morgan fingerprint density at radius 1 is 1.04 bits per heavy atom. The summed E-state index contributed by atoms with van der Waals surface area (Å²) in [7, 11) is 0. The van der Waals surface area contributed by atoms with E-state index in [1.54, 1.807) is 17.9 Å². The second-order valence-corrected chi connectivity index (χ2v) is 7.31. The molecule has 4 heteroatoms. The number of aliphatic hydroxyl groups excluding tert-OH is 1. The van der Waals surface area contributed by atoms with Gasteiger partial charge in [0.05, 0.1) is 18.8 Å². The summed E-state index contributed by atoms with van der Waals surface area (Å²) in [5.74, 6) is -0.0222. The Hall–Kier alpha value is -2.88. The molecule has 0 unspecified atom stereocenters. The third kappa shape index (κ3) is 3.47. The molecule has 0 aliphatic carbocycles. The normalized spacial score (nSPS) is 12.8. The van der Waals surface area contributed by atoms with Crippen LogP contribution in [-0.4, -0.2) is 11.0 Å². The van der Waals surface area contributed by atoms with Gasteiger partial charge in [-0.3, -0.25) is 4.79 Å². The van der Waals surface area contributed by atoms with E-state index in [0.717, 1.165) is 39.1 Å². The van der Waals surface area contributed by atoms with E-state index in [-0.39, 0.29) is 12.5 Å². The number of amides is 1. The maximum absolute atomic E-state index is 12.4. The number of rotatable bonds is 2. The first kappa shape index (κ1) is 18.5. The molecule has 0 fully saturated rings. The van der Waals surface area contributed by atoms with Crippen molar-refractivity contribution < 1.29 is 9.90 Å². The molecule has 0 saturated carbocycles. The highest BCUT2D eigenvalue weighted by Crippen LogP contribution is 2.33. The largest absolute Gasteiger partial charge is 0.392 e. The lowest BCUT2D eigenvalue weighted by Crippen LogP contribution is -2.29. The molecule has 28 heavy (non-hydrogen) atoms. The second kappa shape index (κ2) is 7.63. The van der Waals surface area contributed by atoms with E-state index in [0.29, 0.717) is 11.6 Å². The first-order valence-electron chi connectivity index (χ1n) is 9.14. The summed E-state index contributed by atoms with van der Waals surface area (Å²) in [6.45, 7) is 2.04. The van der Waals surface area contributed by atoms with Crippen LogP contribution in [0.1, 0.15) is 29.2 Å². The standard InChI is InChI=1S/C24H20ClNO2/c1-16(28)26-14-21-12-18(23-5-3-2-4-20(23)15-27)8-6-17(21)7-9-19-13-22(25)10-11-24(19)26/h2-13,27H,14-15H2,1H3. The first-order chi connectivity index (χ1) is 13.6. The molecule has 1 aliphatic heterocycles. The summed E-state index contributed by atoms with van der Waals surface area (Å²) in [5.41, 5.74) is 6.78. The van der Waals surface area contributed by atoms with Crippen LogP contribution in [0.5, 0.6) is 0 Å². The molecule has 1 heterocycles. The van der Waals surface area contributed by atoms with Crippen molar-refractivity contribution in [2.24, 2.45) is 0 Å². The smallest absolute Gasteiger partial charge is 0.224 e. The minimum absolute atomic E-state index is 0.0130. The molecule has 1 N–H and O–H groups in total. The average molecular weight is 390 g/mol. The zero-order valence-electron chi connectivity index (χ0n) is 15.5. The molecule has 0 bridgehead atoms. The highest BCUT2D eigenvalue weighted by Gasteiger charge is 2.19. The maximum atomic E-state index is 12.4. The third-order valence-electron chi connectivity index (χ3n) is 5.07. The number of anilines is 1. The molecular weight excluding hydrogens is 370 g/mol. The molecule has 1 amide bonds. The third-order valence-corrected chi connectivity index (χ3v) is 5.31. The topological polar surface area (TPSA) is 40.5 Å². The number of hydrogen-bond acceptors (Lipinski definition) is 2. The molecular formula is C24H20ClNO2. The van der Waals surface area contributed by atoms with E-state index < -0.39 is 0 Å². The lowest BCUT2D eigenvalue weighted by molar-refractivity contribution is -0.116. The Balaban J connectivity index is 1.85. The zero-order valence-corrected chi connectivity index (χ0v) is 16.3. The molecule has 0 aromatic heterocycles. The van der Waals surface area contributed by atoms with Crippen molar-refractivity contribution in [2.75, 3.05) is 4.90 Å². The van der Waals surface area contributed by atoms with E-state index in [4.69, 9.17) is 11.6 Å². The molecule has 1 aliphatic rings. The fraction of sp³-hybridized carbons (Fsp3) is 0.125. The molecule has 0 saturated heterocycles. The van der Waals surface area contributed by atoms with Gasteiger partial charge >= 0.3 is 0 Å². The summed E-state index contributed by atoms with van der Waals surface area (Å²) >= 11 is 6.16. The van der Waals surface area contributed by atoms with E-state index in [1.165, 1.54) is 0 Å². The number of hydrogen-bond donors (Lipinski definition) is 1. The van der Waals surface area contributed by atoms with Gasteiger partial charge in [-0.15, -0.1) is 0 Å². The van der Waals surface area contributed by atoms with Gasteiger partial charge in [0.15, 0.2) is 0 Å². The van der Waals surface area contributed by atoms with Gasteiger partial charge in [-0.25, -0.2) is 0 Å². The van der Waals surface area contributed by atoms with Crippen molar-refractivity contribution in [1.82, 2.24) is 0 Å². The van der Waals surface area contributed by atoms with Gasteiger partial charge in [-0.1, -0.05) is 60.2 Å². The molecule has 0 atom stereocenters. The van der Waals surface area contributed by atoms with Gasteiger partial charge in [0, 0.05) is 11.9 Å². The highest BCUT2D eigenvalue weighted by atomic mass is 35.5. The van der Waals surface area contributed by atoms with Crippen LogP contribution in [0.15, 0.2) is 60.7 Å². The van der Waals surface area contributed by atoms with Gasteiger partial charge in [-0.05, 0) is 57.6 Å². The lowest BCUT2D eigenvalue weighted by atomic mass is 9.94. The first-order valence-corrected chi connectivity index (χ1v) is 9.52. The average Bonchev–Trinajstić information content (AvgIpc) is 2.69. The Morgan fingerprint density at radius 3 is 2.61 bits per heavy atom. The Bertz CT molecular complexity index is 1090. The maximum Gasteiger partial charge on any atom is 0.224 e. The number of nitrogens with zero attached hydrogens (tertiary/aromatic N) is 1. The van der Waals surface area contributed by atoms with E-state index in [9.17, 15) is 9.90 Å². The van der Waals surface area contributed by atoms with E-state index in [2.05, 4.69) is 24.3 Å². The minimum atomic E-state index is -0.0222. The fourth-order valence-electron chi connectivity index (χ4n) is 3.63. The molecule has 3 nitrogen and oxygen atoms in total. The van der Waals surface area contributed by atoms with Gasteiger partial charge in [0.2, 0.25) is 5.91 Å². The highest BCUT2D eigenvalue weighted by molar-refractivity contribution is 6.30. The number of carbonyl (C=O) groups is 1. The van der Waals surface area contributed by atoms with Crippen LogP contribution in [-0.2, 0) is 17.9 Å². The van der Waals surface area contributed by atoms with Crippen molar-refractivity contribution in [1.29, 1.82) is 0 Å². The Kier molecular flexibility index (Phi) is 5.03. The van der Waals surface area contributed by atoms with Crippen molar-refractivity contribution in [3.05, 3.63) is 87.9 Å². The summed E-state index contributed by atoms with van der Waals surface area (Å²) in [4.78, 5) is 14.2. The molecule has 3 aromatic carbocycles. The SMILES string of the molecule is CC(=O)N1Cc2cc(-c3ccccc3CO)ccc2C=Cc2cc(Cl)ccc21. The minimum Gasteiger partial charge on any atom is -0.392 e. The molecule has 0 radical (unpaired) electrons. The monoisotopic (exact) mass is 389 g/mol. The summed E-state index contributed by atoms with van der Waals surface area (Å²) in [6.07, 6.45) is 4.06. The van der Waals surface area contributed by atoms with Crippen LogP contribution >= 0.6 is 11.6 Å². The Morgan fingerprint density at radius 2 is 1.82 bits per heavy atom. The van der Waals surface area contributed by atoms with Crippen LogP contribution in [0.25, 0.3) is 23.3 Å². The van der Waals surface area contributed by atoms with Crippen molar-refractivity contribution >= 4 is 35.3 Å². The fourth-order valence-corrected chi connectivity index (χ4v) is 3.81. The summed E-state index contributed by atoms with van der Waals surface area (Å²) < 4.78 is 0. The number of benzene rings is 3. The molecule has 0 spiro atoms. The predicted molar refractivity (Wildman–Crippen MR) is 115 cm³/mol. The van der Waals surface area contributed by atoms with Gasteiger partial charge in [-0.2, -0.15) is 0 Å². The number of aliphatic hydroxyl groups is 1. The second-order valence-electron chi connectivity index (χ2n) is 6.87. The summed E-state index contributed by atoms with van der Waals surface area (Å²) in [5, 5.41) is 10.3. The lowest BCUT2D eigenvalue weighted by Gasteiger charge is -2.26.